The summed E-state index contributed by atoms with van der Waals surface area (Å²) in [5.41, 5.74) is 3.32. The number of nitrogens with zero attached hydrogens (tertiary/aromatic N) is 2. The van der Waals surface area contributed by atoms with Gasteiger partial charge in [0.1, 0.15) is 5.82 Å². The molecule has 0 radical (unpaired) electrons. The van der Waals surface area contributed by atoms with E-state index in [1.165, 1.54) is 5.56 Å². The van der Waals surface area contributed by atoms with Gasteiger partial charge in [-0.2, -0.15) is 0 Å². The molecular formula is C20H23N3OS. The maximum absolute atomic E-state index is 12.4. The quantitative estimate of drug-likeness (QED) is 0.698. The Morgan fingerprint density at radius 3 is 2.64 bits per heavy atom. The van der Waals surface area contributed by atoms with Crippen molar-refractivity contribution in [1.29, 1.82) is 0 Å². The highest BCUT2D eigenvalue weighted by Gasteiger charge is 2.15. The first kappa shape index (κ1) is 17.5. The van der Waals surface area contributed by atoms with Crippen LogP contribution in [0.3, 0.4) is 0 Å². The number of thioether (sulfide) groups is 1. The first-order valence-corrected chi connectivity index (χ1v) is 9.61. The van der Waals surface area contributed by atoms with E-state index in [1.807, 2.05) is 43.3 Å². The van der Waals surface area contributed by atoms with Crippen molar-refractivity contribution < 1.29 is 4.79 Å². The van der Waals surface area contributed by atoms with Gasteiger partial charge in [0.15, 0.2) is 0 Å². The number of hydrogen-bond acceptors (Lipinski definition) is 3. The van der Waals surface area contributed by atoms with Gasteiger partial charge in [-0.3, -0.25) is 4.79 Å². The third-order valence-electron chi connectivity index (χ3n) is 4.18. The van der Waals surface area contributed by atoms with Crippen molar-refractivity contribution in [2.75, 3.05) is 0 Å². The topological polar surface area (TPSA) is 46.9 Å². The van der Waals surface area contributed by atoms with Crippen LogP contribution in [-0.4, -0.2) is 20.7 Å². The maximum Gasteiger partial charge on any atom is 0.233 e. The molecule has 1 atom stereocenters. The second kappa shape index (κ2) is 8.21. The summed E-state index contributed by atoms with van der Waals surface area (Å²) in [4.78, 5) is 17.0. The molecule has 0 spiro atoms. The molecule has 4 nitrogen and oxygen atoms in total. The predicted molar refractivity (Wildman–Crippen MR) is 104 cm³/mol. The van der Waals surface area contributed by atoms with Crippen LogP contribution in [0.5, 0.6) is 0 Å². The Hall–Kier alpha value is -2.27. The number of aromatic nitrogens is 2. The van der Waals surface area contributed by atoms with Gasteiger partial charge >= 0.3 is 0 Å². The van der Waals surface area contributed by atoms with E-state index in [1.54, 1.807) is 11.8 Å². The SMILES string of the molecule is CCn1c(CNC(=O)C(C)SCc2ccccc2)nc2ccccc21. The highest BCUT2D eigenvalue weighted by Crippen LogP contribution is 2.18. The molecule has 25 heavy (non-hydrogen) atoms. The first-order chi connectivity index (χ1) is 12.2. The zero-order chi connectivity index (χ0) is 17.6. The summed E-state index contributed by atoms with van der Waals surface area (Å²) in [6, 6.07) is 18.3. The smallest absolute Gasteiger partial charge is 0.233 e. The number of carbonyl (C=O) groups is 1. The van der Waals surface area contributed by atoms with E-state index in [9.17, 15) is 4.79 Å². The van der Waals surface area contributed by atoms with Crippen LogP contribution < -0.4 is 5.32 Å². The third-order valence-corrected chi connectivity index (χ3v) is 5.40. The van der Waals surface area contributed by atoms with Gasteiger partial charge in [-0.1, -0.05) is 42.5 Å². The van der Waals surface area contributed by atoms with Crippen LogP contribution in [0.15, 0.2) is 54.6 Å². The van der Waals surface area contributed by atoms with Crippen molar-refractivity contribution in [1.82, 2.24) is 14.9 Å². The molecular weight excluding hydrogens is 330 g/mol. The molecule has 0 fully saturated rings. The van der Waals surface area contributed by atoms with E-state index in [0.717, 1.165) is 29.2 Å². The van der Waals surface area contributed by atoms with E-state index in [4.69, 9.17) is 0 Å². The van der Waals surface area contributed by atoms with Crippen LogP contribution in [0.1, 0.15) is 25.2 Å². The minimum Gasteiger partial charge on any atom is -0.348 e. The molecule has 0 aliphatic carbocycles. The Balaban J connectivity index is 1.58. The fourth-order valence-electron chi connectivity index (χ4n) is 2.79. The lowest BCUT2D eigenvalue weighted by Crippen LogP contribution is -2.31. The van der Waals surface area contributed by atoms with Gasteiger partial charge in [0.2, 0.25) is 5.91 Å². The number of hydrogen-bond donors (Lipinski definition) is 1. The molecule has 0 aliphatic rings. The van der Waals surface area contributed by atoms with Crippen LogP contribution in [-0.2, 0) is 23.6 Å². The lowest BCUT2D eigenvalue weighted by molar-refractivity contribution is -0.120. The van der Waals surface area contributed by atoms with Crippen LogP contribution in [0.4, 0.5) is 0 Å². The first-order valence-electron chi connectivity index (χ1n) is 8.56. The van der Waals surface area contributed by atoms with Crippen molar-refractivity contribution in [2.24, 2.45) is 0 Å². The Kier molecular flexibility index (Phi) is 5.76. The average molecular weight is 353 g/mol. The number of carbonyl (C=O) groups excluding carboxylic acids is 1. The Morgan fingerprint density at radius 2 is 1.88 bits per heavy atom. The van der Waals surface area contributed by atoms with Crippen molar-refractivity contribution in [3.63, 3.8) is 0 Å². The molecule has 0 bridgehead atoms. The summed E-state index contributed by atoms with van der Waals surface area (Å²) in [5, 5.41) is 2.93. The fourth-order valence-corrected chi connectivity index (χ4v) is 3.66. The minimum atomic E-state index is -0.0975. The molecule has 0 aliphatic heterocycles. The number of benzene rings is 2. The summed E-state index contributed by atoms with van der Waals surface area (Å²) in [6.07, 6.45) is 0. The summed E-state index contributed by atoms with van der Waals surface area (Å²) in [7, 11) is 0. The zero-order valence-electron chi connectivity index (χ0n) is 14.6. The summed E-state index contributed by atoms with van der Waals surface area (Å²) < 4.78 is 2.15. The van der Waals surface area contributed by atoms with Gasteiger partial charge in [0, 0.05) is 12.3 Å². The van der Waals surface area contributed by atoms with Gasteiger partial charge in [-0.05, 0) is 31.5 Å². The number of para-hydroxylation sites is 2. The number of aryl methyl sites for hydroxylation is 1. The molecule has 1 N–H and O–H groups in total. The Morgan fingerprint density at radius 1 is 1.16 bits per heavy atom. The fraction of sp³-hybridized carbons (Fsp3) is 0.300. The highest BCUT2D eigenvalue weighted by atomic mass is 32.2. The van der Waals surface area contributed by atoms with Gasteiger partial charge in [0.05, 0.1) is 22.8 Å². The van der Waals surface area contributed by atoms with Gasteiger partial charge < -0.3 is 9.88 Å². The summed E-state index contributed by atoms with van der Waals surface area (Å²) in [5.74, 6) is 1.79. The average Bonchev–Trinajstić information content (AvgIpc) is 3.02. The largest absolute Gasteiger partial charge is 0.348 e. The van der Waals surface area contributed by atoms with Crippen molar-refractivity contribution in [2.45, 2.75) is 37.9 Å². The molecule has 130 valence electrons. The molecule has 3 rings (SSSR count). The number of fused-ring (bicyclic) bond motifs is 1. The van der Waals surface area contributed by atoms with E-state index in [2.05, 4.69) is 40.0 Å². The molecule has 5 heteroatoms. The number of nitrogens with one attached hydrogen (secondary N) is 1. The van der Waals surface area contributed by atoms with Crippen molar-refractivity contribution in [3.05, 3.63) is 66.0 Å². The van der Waals surface area contributed by atoms with Crippen molar-refractivity contribution >= 4 is 28.7 Å². The van der Waals surface area contributed by atoms with Gasteiger partial charge in [-0.25, -0.2) is 4.98 Å². The molecule has 1 unspecified atom stereocenters. The molecule has 0 saturated carbocycles. The minimum absolute atomic E-state index is 0.0515. The number of rotatable bonds is 7. The van der Waals surface area contributed by atoms with E-state index >= 15 is 0 Å². The Labute approximate surface area is 152 Å². The lowest BCUT2D eigenvalue weighted by Gasteiger charge is -2.12. The van der Waals surface area contributed by atoms with Crippen LogP contribution >= 0.6 is 11.8 Å². The van der Waals surface area contributed by atoms with Crippen molar-refractivity contribution in [3.8, 4) is 0 Å². The lowest BCUT2D eigenvalue weighted by atomic mass is 10.2. The molecule has 2 aromatic carbocycles. The molecule has 1 aromatic heterocycles. The summed E-state index contributed by atoms with van der Waals surface area (Å²) >= 11 is 1.65. The zero-order valence-corrected chi connectivity index (χ0v) is 15.4. The van der Waals surface area contributed by atoms with E-state index in [-0.39, 0.29) is 11.2 Å². The monoisotopic (exact) mass is 353 g/mol. The molecule has 3 aromatic rings. The Bertz CT molecular complexity index is 845. The van der Waals surface area contributed by atoms with E-state index in [0.29, 0.717) is 6.54 Å². The van der Waals surface area contributed by atoms with Gasteiger partial charge in [0.25, 0.3) is 0 Å². The third kappa shape index (κ3) is 4.23. The summed E-state index contributed by atoms with van der Waals surface area (Å²) in [6.45, 7) is 5.34. The number of amides is 1. The number of imidazole rings is 1. The second-order valence-corrected chi connectivity index (χ2v) is 7.25. The van der Waals surface area contributed by atoms with Crippen LogP contribution in [0.2, 0.25) is 0 Å². The molecule has 0 saturated heterocycles. The van der Waals surface area contributed by atoms with Crippen LogP contribution in [0.25, 0.3) is 11.0 Å². The molecule has 1 amide bonds. The van der Waals surface area contributed by atoms with Gasteiger partial charge in [-0.15, -0.1) is 11.8 Å². The van der Waals surface area contributed by atoms with E-state index < -0.39 is 0 Å². The highest BCUT2D eigenvalue weighted by molar-refractivity contribution is 7.99. The molecule has 1 heterocycles. The predicted octanol–water partition coefficient (Wildman–Crippen LogP) is 3.99. The second-order valence-electron chi connectivity index (χ2n) is 5.92. The maximum atomic E-state index is 12.4. The van der Waals surface area contributed by atoms with Crippen LogP contribution in [0, 0.1) is 0 Å². The normalized spacial score (nSPS) is 12.2. The standard InChI is InChI=1S/C20H23N3OS/c1-3-23-18-12-8-7-11-17(18)22-19(23)13-21-20(24)15(2)25-14-16-9-5-4-6-10-16/h4-12,15H,3,13-14H2,1-2H3,(H,21,24).